The van der Waals surface area contributed by atoms with Crippen molar-refractivity contribution in [2.45, 2.75) is 18.6 Å². The third kappa shape index (κ3) is 2.53. The summed E-state index contributed by atoms with van der Waals surface area (Å²) in [5, 5.41) is 0. The summed E-state index contributed by atoms with van der Waals surface area (Å²) in [6.45, 7) is 1.05. The number of fused-ring (bicyclic) bond motifs is 3. The second kappa shape index (κ2) is 6.98. The highest BCUT2D eigenvalue weighted by Crippen LogP contribution is 2.52. The number of likely N-dealkylation sites (N-methyl/N-ethyl adjacent to an activating group) is 1. The van der Waals surface area contributed by atoms with Crippen molar-refractivity contribution in [3.05, 3.63) is 40.5 Å². The molecule has 0 bridgehead atoms. The van der Waals surface area contributed by atoms with E-state index in [1.165, 1.54) is 12.0 Å². The zero-order valence-corrected chi connectivity index (χ0v) is 17.4. The van der Waals surface area contributed by atoms with Crippen LogP contribution in [0.25, 0.3) is 0 Å². The minimum Gasteiger partial charge on any atom is -0.493 e. The fourth-order valence-electron chi connectivity index (χ4n) is 4.85. The summed E-state index contributed by atoms with van der Waals surface area (Å²) >= 11 is 0. The number of methoxy groups -OCH3 is 3. The number of hydrogen-bond acceptors (Lipinski definition) is 7. The van der Waals surface area contributed by atoms with Gasteiger partial charge in [0.15, 0.2) is 35.1 Å². The zero-order chi connectivity index (χ0) is 21.0. The standard InChI is InChI=1S/C22H23NO7/c1-23-8-7-11-9-14-20(29-10-28-14)21(27-4)15(11)17(23)18-12-5-6-13(25-2)19(26-3)16(12)22(24)30-18/h5-6,9,17-18H,7-8,10H2,1-4H3/p+1. The van der Waals surface area contributed by atoms with Crippen LogP contribution in [0, 0.1) is 0 Å². The lowest BCUT2D eigenvalue weighted by Gasteiger charge is -2.35. The number of quaternary nitrogens is 1. The fraction of sp³-hybridized carbons (Fsp3) is 0.409. The van der Waals surface area contributed by atoms with Crippen molar-refractivity contribution < 1.29 is 38.1 Å². The van der Waals surface area contributed by atoms with Crippen LogP contribution in [0.1, 0.15) is 39.2 Å². The van der Waals surface area contributed by atoms with Crippen LogP contribution in [0.4, 0.5) is 0 Å². The highest BCUT2D eigenvalue weighted by molar-refractivity contribution is 5.98. The smallest absolute Gasteiger partial charge is 0.343 e. The van der Waals surface area contributed by atoms with E-state index >= 15 is 0 Å². The van der Waals surface area contributed by atoms with Crippen LogP contribution in [0.15, 0.2) is 18.2 Å². The monoisotopic (exact) mass is 414 g/mol. The maximum atomic E-state index is 12.9. The summed E-state index contributed by atoms with van der Waals surface area (Å²) in [6, 6.07) is 5.54. The molecule has 8 nitrogen and oxygen atoms in total. The summed E-state index contributed by atoms with van der Waals surface area (Å²) in [6.07, 6.45) is 0.380. The Kier molecular flexibility index (Phi) is 4.39. The highest BCUT2D eigenvalue weighted by atomic mass is 16.7. The molecular weight excluding hydrogens is 390 g/mol. The van der Waals surface area contributed by atoms with Gasteiger partial charge in [-0.25, -0.2) is 4.79 Å². The van der Waals surface area contributed by atoms with Crippen molar-refractivity contribution in [3.63, 3.8) is 0 Å². The quantitative estimate of drug-likeness (QED) is 0.759. The van der Waals surface area contributed by atoms with Gasteiger partial charge in [-0.1, -0.05) is 6.07 Å². The van der Waals surface area contributed by atoms with Gasteiger partial charge in [0.05, 0.1) is 40.5 Å². The van der Waals surface area contributed by atoms with E-state index in [0.29, 0.717) is 34.3 Å². The molecule has 1 N–H and O–H groups in total. The molecule has 0 aromatic heterocycles. The van der Waals surface area contributed by atoms with Crippen molar-refractivity contribution in [1.29, 1.82) is 0 Å². The van der Waals surface area contributed by atoms with Gasteiger partial charge in [0.2, 0.25) is 12.5 Å². The summed E-state index contributed by atoms with van der Waals surface area (Å²) in [5.41, 5.74) is 3.32. The van der Waals surface area contributed by atoms with Crippen LogP contribution in [-0.4, -0.2) is 47.7 Å². The van der Waals surface area contributed by atoms with Crippen molar-refractivity contribution in [1.82, 2.24) is 0 Å². The average molecular weight is 414 g/mol. The Balaban J connectivity index is 1.69. The first kappa shape index (κ1) is 18.9. The molecule has 0 saturated heterocycles. The lowest BCUT2D eigenvalue weighted by Crippen LogP contribution is -3.11. The number of rotatable bonds is 4. The molecule has 8 heteroatoms. The summed E-state index contributed by atoms with van der Waals surface area (Å²) in [4.78, 5) is 14.1. The van der Waals surface area contributed by atoms with E-state index in [0.717, 1.165) is 29.7 Å². The van der Waals surface area contributed by atoms with Crippen LogP contribution < -0.4 is 28.6 Å². The number of ether oxygens (including phenoxy) is 6. The molecule has 0 radical (unpaired) electrons. The number of hydrogen-bond donors (Lipinski definition) is 1. The topological polar surface area (TPSA) is 76.9 Å². The van der Waals surface area contributed by atoms with E-state index in [2.05, 4.69) is 7.05 Å². The zero-order valence-electron chi connectivity index (χ0n) is 17.4. The fourth-order valence-corrected chi connectivity index (χ4v) is 4.85. The lowest BCUT2D eigenvalue weighted by atomic mass is 9.85. The molecule has 0 saturated carbocycles. The molecule has 2 aromatic rings. The predicted molar refractivity (Wildman–Crippen MR) is 105 cm³/mol. The van der Waals surface area contributed by atoms with E-state index in [4.69, 9.17) is 28.4 Å². The van der Waals surface area contributed by atoms with E-state index in [1.54, 1.807) is 14.2 Å². The van der Waals surface area contributed by atoms with Crippen LogP contribution in [0.3, 0.4) is 0 Å². The average Bonchev–Trinajstić information content (AvgIpc) is 3.35. The third-order valence-corrected chi connectivity index (χ3v) is 6.20. The van der Waals surface area contributed by atoms with E-state index in [-0.39, 0.29) is 12.8 Å². The molecule has 30 heavy (non-hydrogen) atoms. The van der Waals surface area contributed by atoms with Gasteiger partial charge in [-0.3, -0.25) is 0 Å². The molecule has 0 amide bonds. The van der Waals surface area contributed by atoms with E-state index in [1.807, 2.05) is 18.2 Å². The van der Waals surface area contributed by atoms with Crippen LogP contribution in [0.5, 0.6) is 28.7 Å². The molecule has 0 aliphatic carbocycles. The molecule has 5 rings (SSSR count). The Bertz CT molecular complexity index is 1030. The van der Waals surface area contributed by atoms with Crippen LogP contribution >= 0.6 is 0 Å². The van der Waals surface area contributed by atoms with Crippen molar-refractivity contribution in [2.24, 2.45) is 0 Å². The Morgan fingerprint density at radius 3 is 2.60 bits per heavy atom. The molecule has 3 heterocycles. The van der Waals surface area contributed by atoms with Gasteiger partial charge in [-0.15, -0.1) is 0 Å². The Hall–Kier alpha value is -3.13. The molecule has 0 fully saturated rings. The molecule has 3 atom stereocenters. The number of carbonyl (C=O) groups is 1. The van der Waals surface area contributed by atoms with Gasteiger partial charge in [-0.2, -0.15) is 0 Å². The number of cyclic esters (lactones) is 1. The maximum absolute atomic E-state index is 12.9. The minimum atomic E-state index is -0.486. The maximum Gasteiger partial charge on any atom is 0.343 e. The first-order chi connectivity index (χ1) is 14.6. The molecule has 3 aliphatic heterocycles. The van der Waals surface area contributed by atoms with E-state index < -0.39 is 12.1 Å². The molecular formula is C22H24NO7+. The number of carbonyl (C=O) groups excluding carboxylic acids is 1. The lowest BCUT2D eigenvalue weighted by molar-refractivity contribution is -0.919. The number of esters is 1. The van der Waals surface area contributed by atoms with Gasteiger partial charge < -0.3 is 33.3 Å². The van der Waals surface area contributed by atoms with Gasteiger partial charge in [-0.05, 0) is 17.7 Å². The first-order valence-corrected chi connectivity index (χ1v) is 9.86. The normalized spacial score (nSPS) is 23.5. The molecule has 3 aliphatic rings. The highest BCUT2D eigenvalue weighted by Gasteiger charge is 2.48. The van der Waals surface area contributed by atoms with Crippen LogP contribution in [0.2, 0.25) is 0 Å². The Morgan fingerprint density at radius 2 is 1.87 bits per heavy atom. The third-order valence-electron chi connectivity index (χ3n) is 6.20. The number of nitrogens with one attached hydrogen (secondary N) is 1. The first-order valence-electron chi connectivity index (χ1n) is 9.86. The van der Waals surface area contributed by atoms with Gasteiger partial charge >= 0.3 is 5.97 Å². The summed E-state index contributed by atoms with van der Waals surface area (Å²) in [5.74, 6) is 2.43. The number of benzene rings is 2. The SMILES string of the molecule is COc1ccc2c(c1OC)C(=O)OC2C1c2c(cc3c(c2OC)OCO3)CC[NH+]1C. The second-order valence-corrected chi connectivity index (χ2v) is 7.63. The Labute approximate surface area is 174 Å². The van der Waals surface area contributed by atoms with Gasteiger partial charge in [0.25, 0.3) is 0 Å². The summed E-state index contributed by atoms with van der Waals surface area (Å²) < 4.78 is 33.9. The predicted octanol–water partition coefficient (Wildman–Crippen LogP) is 1.46. The van der Waals surface area contributed by atoms with Crippen molar-refractivity contribution >= 4 is 5.97 Å². The summed E-state index contributed by atoms with van der Waals surface area (Å²) in [7, 11) is 6.80. The van der Waals surface area contributed by atoms with Gasteiger partial charge in [0.1, 0.15) is 5.56 Å². The molecule has 0 spiro atoms. The largest absolute Gasteiger partial charge is 0.493 e. The molecule has 158 valence electrons. The second-order valence-electron chi connectivity index (χ2n) is 7.63. The van der Waals surface area contributed by atoms with Crippen LogP contribution in [-0.2, 0) is 11.2 Å². The van der Waals surface area contributed by atoms with Crippen molar-refractivity contribution in [2.75, 3.05) is 41.7 Å². The van der Waals surface area contributed by atoms with Crippen molar-refractivity contribution in [3.8, 4) is 28.7 Å². The van der Waals surface area contributed by atoms with Gasteiger partial charge in [0, 0.05) is 12.0 Å². The van der Waals surface area contributed by atoms with E-state index in [9.17, 15) is 4.79 Å². The Morgan fingerprint density at radius 1 is 1.07 bits per heavy atom. The molecule has 2 aromatic carbocycles. The minimum absolute atomic E-state index is 0.165. The molecule has 3 unspecified atom stereocenters.